The van der Waals surface area contributed by atoms with Crippen molar-refractivity contribution < 1.29 is 9.72 Å². The van der Waals surface area contributed by atoms with Crippen molar-refractivity contribution in [1.82, 2.24) is 9.78 Å². The first kappa shape index (κ1) is 17.1. The molecular formula is C19H16N4O3. The lowest BCUT2D eigenvalue weighted by molar-refractivity contribution is -0.385. The number of nitro groups is 1. The molecule has 2 aromatic carbocycles. The van der Waals surface area contributed by atoms with E-state index >= 15 is 0 Å². The van der Waals surface area contributed by atoms with Crippen LogP contribution in [0.25, 0.3) is 6.08 Å². The molecule has 0 fully saturated rings. The van der Waals surface area contributed by atoms with Gasteiger partial charge in [0, 0.05) is 18.3 Å². The summed E-state index contributed by atoms with van der Waals surface area (Å²) in [6.07, 6.45) is 5.96. The molecule has 7 heteroatoms. The third-order valence-electron chi connectivity index (χ3n) is 3.64. The van der Waals surface area contributed by atoms with Gasteiger partial charge < -0.3 is 5.32 Å². The Morgan fingerprint density at radius 3 is 2.65 bits per heavy atom. The Hall–Kier alpha value is -3.74. The number of amides is 1. The van der Waals surface area contributed by atoms with Crippen molar-refractivity contribution in [2.75, 3.05) is 5.32 Å². The summed E-state index contributed by atoms with van der Waals surface area (Å²) in [6, 6.07) is 16.1. The normalized spacial score (nSPS) is 10.8. The summed E-state index contributed by atoms with van der Waals surface area (Å²) in [6.45, 7) is 0.600. The predicted octanol–water partition coefficient (Wildman–Crippen LogP) is 3.49. The van der Waals surface area contributed by atoms with Gasteiger partial charge in [0.2, 0.25) is 5.91 Å². The van der Waals surface area contributed by atoms with E-state index in [4.69, 9.17) is 0 Å². The van der Waals surface area contributed by atoms with Gasteiger partial charge in [0.05, 0.1) is 28.9 Å². The van der Waals surface area contributed by atoms with Crippen molar-refractivity contribution in [2.45, 2.75) is 6.54 Å². The van der Waals surface area contributed by atoms with Crippen LogP contribution in [-0.2, 0) is 11.3 Å². The summed E-state index contributed by atoms with van der Waals surface area (Å²) in [5.41, 5.74) is 1.97. The van der Waals surface area contributed by atoms with Gasteiger partial charge in [0.25, 0.3) is 5.69 Å². The van der Waals surface area contributed by atoms with Crippen molar-refractivity contribution in [3.05, 3.63) is 94.3 Å². The van der Waals surface area contributed by atoms with E-state index in [1.165, 1.54) is 18.2 Å². The molecule has 0 saturated carbocycles. The fraction of sp³-hybridized carbons (Fsp3) is 0.0526. The van der Waals surface area contributed by atoms with E-state index in [-0.39, 0.29) is 11.6 Å². The van der Waals surface area contributed by atoms with Gasteiger partial charge in [0.1, 0.15) is 0 Å². The van der Waals surface area contributed by atoms with Crippen LogP contribution in [0.3, 0.4) is 0 Å². The van der Waals surface area contributed by atoms with Gasteiger partial charge in [-0.15, -0.1) is 0 Å². The minimum Gasteiger partial charge on any atom is -0.320 e. The number of hydrogen-bond donors (Lipinski definition) is 1. The lowest BCUT2D eigenvalue weighted by Crippen LogP contribution is -2.07. The standard InChI is InChI=1S/C19H16N4O3/c24-19(11-10-16-8-4-5-9-18(16)23(25)26)21-17-12-20-22(14-17)13-15-6-2-1-3-7-15/h1-12,14H,13H2,(H,21,24)/b11-10-. The van der Waals surface area contributed by atoms with Crippen LogP contribution in [-0.4, -0.2) is 20.6 Å². The second kappa shape index (κ2) is 7.89. The van der Waals surface area contributed by atoms with Crippen LogP contribution in [0.15, 0.2) is 73.1 Å². The first-order chi connectivity index (χ1) is 12.6. The van der Waals surface area contributed by atoms with Gasteiger partial charge in [-0.05, 0) is 17.7 Å². The molecule has 26 heavy (non-hydrogen) atoms. The van der Waals surface area contributed by atoms with Crippen molar-refractivity contribution in [3.63, 3.8) is 0 Å². The first-order valence-electron chi connectivity index (χ1n) is 7.91. The van der Waals surface area contributed by atoms with E-state index in [0.29, 0.717) is 17.8 Å². The fourth-order valence-electron chi connectivity index (χ4n) is 2.43. The Balaban J connectivity index is 1.63. The average Bonchev–Trinajstić information content (AvgIpc) is 3.07. The number of nitrogens with zero attached hydrogens (tertiary/aromatic N) is 3. The molecule has 0 radical (unpaired) electrons. The van der Waals surface area contributed by atoms with Crippen molar-refractivity contribution >= 4 is 23.4 Å². The molecule has 1 N–H and O–H groups in total. The average molecular weight is 348 g/mol. The van der Waals surface area contributed by atoms with Gasteiger partial charge in [-0.2, -0.15) is 5.10 Å². The number of carbonyl (C=O) groups is 1. The number of anilines is 1. The number of para-hydroxylation sites is 1. The zero-order chi connectivity index (χ0) is 18.4. The minimum absolute atomic E-state index is 0.0489. The van der Waals surface area contributed by atoms with E-state index in [9.17, 15) is 14.9 Å². The van der Waals surface area contributed by atoms with E-state index in [1.807, 2.05) is 30.3 Å². The largest absolute Gasteiger partial charge is 0.320 e. The van der Waals surface area contributed by atoms with E-state index < -0.39 is 4.92 Å². The molecule has 1 amide bonds. The molecule has 0 aliphatic heterocycles. The molecule has 0 spiro atoms. The lowest BCUT2D eigenvalue weighted by atomic mass is 10.1. The summed E-state index contributed by atoms with van der Waals surface area (Å²) >= 11 is 0. The SMILES string of the molecule is O=C(/C=C\c1ccccc1[N+](=O)[O-])Nc1cnn(Cc2ccccc2)c1. The number of rotatable bonds is 6. The molecule has 0 bridgehead atoms. The Bertz CT molecular complexity index is 948. The quantitative estimate of drug-likeness (QED) is 0.419. The summed E-state index contributed by atoms with van der Waals surface area (Å²) < 4.78 is 1.72. The van der Waals surface area contributed by atoms with Crippen LogP contribution in [0.1, 0.15) is 11.1 Å². The number of aromatic nitrogens is 2. The van der Waals surface area contributed by atoms with Gasteiger partial charge in [-0.3, -0.25) is 19.6 Å². The molecule has 0 aliphatic carbocycles. The van der Waals surface area contributed by atoms with Crippen LogP contribution >= 0.6 is 0 Å². The zero-order valence-electron chi connectivity index (χ0n) is 13.8. The van der Waals surface area contributed by atoms with E-state index in [2.05, 4.69) is 10.4 Å². The first-order valence-corrected chi connectivity index (χ1v) is 7.91. The molecule has 0 saturated heterocycles. The molecule has 1 aromatic heterocycles. The van der Waals surface area contributed by atoms with Crippen molar-refractivity contribution in [1.29, 1.82) is 0 Å². The zero-order valence-corrected chi connectivity index (χ0v) is 13.8. The third-order valence-corrected chi connectivity index (χ3v) is 3.64. The highest BCUT2D eigenvalue weighted by Gasteiger charge is 2.10. The van der Waals surface area contributed by atoms with Crippen molar-refractivity contribution in [3.8, 4) is 0 Å². The highest BCUT2D eigenvalue weighted by Crippen LogP contribution is 2.19. The fourth-order valence-corrected chi connectivity index (χ4v) is 2.43. The highest BCUT2D eigenvalue weighted by atomic mass is 16.6. The van der Waals surface area contributed by atoms with Gasteiger partial charge >= 0.3 is 0 Å². The second-order valence-electron chi connectivity index (χ2n) is 5.55. The number of carbonyl (C=O) groups excluding carboxylic acids is 1. The molecule has 3 rings (SSSR count). The van der Waals surface area contributed by atoms with Gasteiger partial charge in [-0.1, -0.05) is 42.5 Å². The van der Waals surface area contributed by atoms with Gasteiger partial charge in [0.15, 0.2) is 0 Å². The molecule has 0 atom stereocenters. The Morgan fingerprint density at radius 1 is 1.15 bits per heavy atom. The monoisotopic (exact) mass is 348 g/mol. The molecule has 3 aromatic rings. The summed E-state index contributed by atoms with van der Waals surface area (Å²) in [5, 5.41) is 17.9. The number of benzene rings is 2. The third kappa shape index (κ3) is 4.41. The summed E-state index contributed by atoms with van der Waals surface area (Å²) in [5.74, 6) is -0.387. The molecule has 0 unspecified atom stereocenters. The molecule has 0 aliphatic rings. The maximum atomic E-state index is 12.0. The Labute approximate surface area is 149 Å². The smallest absolute Gasteiger partial charge is 0.276 e. The van der Waals surface area contributed by atoms with Gasteiger partial charge in [-0.25, -0.2) is 0 Å². The molecule has 130 valence electrons. The Morgan fingerprint density at radius 2 is 1.88 bits per heavy atom. The second-order valence-corrected chi connectivity index (χ2v) is 5.55. The summed E-state index contributed by atoms with van der Waals surface area (Å²) in [4.78, 5) is 22.5. The lowest BCUT2D eigenvalue weighted by Gasteiger charge is -2.01. The highest BCUT2D eigenvalue weighted by molar-refractivity contribution is 6.02. The van der Waals surface area contributed by atoms with Crippen LogP contribution < -0.4 is 5.32 Å². The number of nitro benzene ring substituents is 1. The van der Waals surface area contributed by atoms with Crippen LogP contribution in [0, 0.1) is 10.1 Å². The number of hydrogen-bond acceptors (Lipinski definition) is 4. The van der Waals surface area contributed by atoms with Crippen LogP contribution in [0.2, 0.25) is 0 Å². The van der Waals surface area contributed by atoms with Crippen LogP contribution in [0.5, 0.6) is 0 Å². The molecule has 7 nitrogen and oxygen atoms in total. The Kier molecular flexibility index (Phi) is 5.19. The number of nitrogens with one attached hydrogen (secondary N) is 1. The maximum Gasteiger partial charge on any atom is 0.276 e. The maximum absolute atomic E-state index is 12.0. The molecule has 1 heterocycles. The topological polar surface area (TPSA) is 90.1 Å². The van der Waals surface area contributed by atoms with Crippen LogP contribution in [0.4, 0.5) is 11.4 Å². The van der Waals surface area contributed by atoms with E-state index in [0.717, 1.165) is 5.56 Å². The minimum atomic E-state index is -0.481. The summed E-state index contributed by atoms with van der Waals surface area (Å²) in [7, 11) is 0. The van der Waals surface area contributed by atoms with E-state index in [1.54, 1.807) is 35.3 Å². The van der Waals surface area contributed by atoms with Crippen molar-refractivity contribution in [2.24, 2.45) is 0 Å². The predicted molar refractivity (Wildman–Crippen MR) is 98.5 cm³/mol. The molecular weight excluding hydrogens is 332 g/mol.